The van der Waals surface area contributed by atoms with E-state index < -0.39 is 0 Å². The highest BCUT2D eigenvalue weighted by Gasteiger charge is 2.38. The third kappa shape index (κ3) is 3.47. The zero-order valence-corrected chi connectivity index (χ0v) is 14.8. The van der Waals surface area contributed by atoms with Gasteiger partial charge in [0.05, 0.1) is 6.42 Å². The Morgan fingerprint density at radius 1 is 1.00 bits per heavy atom. The van der Waals surface area contributed by atoms with Gasteiger partial charge in [0.25, 0.3) is 5.91 Å². The van der Waals surface area contributed by atoms with Crippen LogP contribution in [0, 0.1) is 5.92 Å². The van der Waals surface area contributed by atoms with Crippen LogP contribution in [0.15, 0.2) is 54.9 Å². The molecule has 2 atom stereocenters. The molecular formula is C21H23N3O2. The third-order valence-corrected chi connectivity index (χ3v) is 5.42. The molecule has 2 aromatic rings. The first-order chi connectivity index (χ1) is 12.7. The van der Waals surface area contributed by atoms with Crippen molar-refractivity contribution in [2.45, 2.75) is 25.3 Å². The second-order valence-corrected chi connectivity index (χ2v) is 7.26. The highest BCUT2D eigenvalue weighted by atomic mass is 16.2. The molecule has 5 rings (SSSR count). The van der Waals surface area contributed by atoms with E-state index in [-0.39, 0.29) is 17.9 Å². The number of rotatable bonds is 3. The molecule has 3 aliphatic heterocycles. The predicted octanol–water partition coefficient (Wildman–Crippen LogP) is 2.39. The summed E-state index contributed by atoms with van der Waals surface area (Å²) in [6.07, 6.45) is 5.90. The van der Waals surface area contributed by atoms with Gasteiger partial charge in [0.2, 0.25) is 5.91 Å². The Kier molecular flexibility index (Phi) is 4.69. The van der Waals surface area contributed by atoms with E-state index in [0.29, 0.717) is 18.9 Å². The van der Waals surface area contributed by atoms with Crippen LogP contribution in [0.4, 0.5) is 0 Å². The molecule has 3 saturated heterocycles. The minimum Gasteiger partial charge on any atom is -0.337 e. The summed E-state index contributed by atoms with van der Waals surface area (Å²) in [6.45, 7) is 2.12. The van der Waals surface area contributed by atoms with E-state index in [1.54, 1.807) is 12.4 Å². The molecule has 0 N–H and O–H groups in total. The number of carbonyl (C=O) groups excluding carboxylic acids is 2. The number of hydrogen-bond acceptors (Lipinski definition) is 3. The second-order valence-electron chi connectivity index (χ2n) is 7.26. The smallest absolute Gasteiger partial charge is 0.253 e. The fraction of sp³-hybridized carbons (Fsp3) is 0.381. The Balaban J connectivity index is 1.48. The maximum atomic E-state index is 12.9. The monoisotopic (exact) mass is 349 g/mol. The van der Waals surface area contributed by atoms with Crippen LogP contribution in [0.2, 0.25) is 0 Å². The largest absolute Gasteiger partial charge is 0.337 e. The lowest BCUT2D eigenvalue weighted by molar-refractivity contribution is -0.134. The molecule has 26 heavy (non-hydrogen) atoms. The number of piperidine rings is 1. The Hall–Kier alpha value is -2.69. The second kappa shape index (κ2) is 7.28. The van der Waals surface area contributed by atoms with Crippen molar-refractivity contribution >= 4 is 11.8 Å². The molecule has 0 radical (unpaired) electrons. The van der Waals surface area contributed by atoms with Crippen LogP contribution >= 0.6 is 0 Å². The van der Waals surface area contributed by atoms with Crippen molar-refractivity contribution < 1.29 is 9.59 Å². The molecule has 1 aromatic heterocycles. The van der Waals surface area contributed by atoms with Gasteiger partial charge in [-0.3, -0.25) is 14.6 Å². The van der Waals surface area contributed by atoms with E-state index in [2.05, 4.69) is 4.98 Å². The first kappa shape index (κ1) is 16.8. The lowest BCUT2D eigenvalue weighted by Crippen LogP contribution is -2.48. The van der Waals surface area contributed by atoms with Crippen molar-refractivity contribution in [3.8, 4) is 0 Å². The van der Waals surface area contributed by atoms with Gasteiger partial charge < -0.3 is 9.80 Å². The number of fused-ring (bicyclic) bond motifs is 4. The number of hydrogen-bond donors (Lipinski definition) is 0. The van der Waals surface area contributed by atoms with Gasteiger partial charge in [0.15, 0.2) is 0 Å². The average Bonchev–Trinajstić information content (AvgIpc) is 3.01. The molecule has 5 nitrogen and oxygen atoms in total. The van der Waals surface area contributed by atoms with Crippen LogP contribution in [-0.4, -0.2) is 52.3 Å². The van der Waals surface area contributed by atoms with Gasteiger partial charge in [0.1, 0.15) is 0 Å². The van der Waals surface area contributed by atoms with Crippen LogP contribution in [0.1, 0.15) is 28.8 Å². The summed E-state index contributed by atoms with van der Waals surface area (Å²) in [6, 6.07) is 13.3. The normalized spacial score (nSPS) is 22.2. The van der Waals surface area contributed by atoms with Crippen molar-refractivity contribution in [2.75, 3.05) is 19.6 Å². The summed E-state index contributed by atoms with van der Waals surface area (Å²) in [5.41, 5.74) is 1.66. The van der Waals surface area contributed by atoms with Gasteiger partial charge >= 0.3 is 0 Å². The Labute approximate surface area is 153 Å². The zero-order valence-electron chi connectivity index (χ0n) is 14.8. The topological polar surface area (TPSA) is 53.5 Å². The minimum atomic E-state index is 0.0732. The summed E-state index contributed by atoms with van der Waals surface area (Å²) in [4.78, 5) is 33.7. The maximum Gasteiger partial charge on any atom is 0.253 e. The predicted molar refractivity (Wildman–Crippen MR) is 98.5 cm³/mol. The number of nitrogens with zero attached hydrogens (tertiary/aromatic N) is 3. The molecule has 1 aromatic carbocycles. The summed E-state index contributed by atoms with van der Waals surface area (Å²) >= 11 is 0. The van der Waals surface area contributed by atoms with E-state index in [9.17, 15) is 9.59 Å². The van der Waals surface area contributed by atoms with Gasteiger partial charge in [-0.2, -0.15) is 0 Å². The van der Waals surface area contributed by atoms with Crippen molar-refractivity contribution in [3.05, 3.63) is 66.0 Å². The van der Waals surface area contributed by atoms with Gasteiger partial charge in [-0.05, 0) is 42.5 Å². The molecular weight excluding hydrogens is 326 g/mol. The molecule has 3 fully saturated rings. The van der Waals surface area contributed by atoms with Crippen molar-refractivity contribution in [3.63, 3.8) is 0 Å². The van der Waals surface area contributed by atoms with E-state index in [0.717, 1.165) is 37.1 Å². The highest BCUT2D eigenvalue weighted by molar-refractivity contribution is 5.94. The molecule has 2 amide bonds. The summed E-state index contributed by atoms with van der Waals surface area (Å²) < 4.78 is 0. The summed E-state index contributed by atoms with van der Waals surface area (Å²) in [5, 5.41) is 0. The third-order valence-electron chi connectivity index (χ3n) is 5.42. The zero-order chi connectivity index (χ0) is 17.9. The van der Waals surface area contributed by atoms with Crippen LogP contribution in [0.25, 0.3) is 0 Å². The number of pyridine rings is 1. The van der Waals surface area contributed by atoms with Gasteiger partial charge in [-0.25, -0.2) is 0 Å². The summed E-state index contributed by atoms with van der Waals surface area (Å²) in [5.74, 6) is 0.574. The molecule has 0 unspecified atom stereocenters. The summed E-state index contributed by atoms with van der Waals surface area (Å²) in [7, 11) is 0. The Morgan fingerprint density at radius 3 is 2.62 bits per heavy atom. The van der Waals surface area contributed by atoms with E-state index in [4.69, 9.17) is 0 Å². The number of carbonyl (C=O) groups is 2. The quantitative estimate of drug-likeness (QED) is 0.855. The average molecular weight is 349 g/mol. The van der Waals surface area contributed by atoms with Crippen molar-refractivity contribution in [1.82, 2.24) is 14.8 Å². The molecule has 3 aliphatic rings. The van der Waals surface area contributed by atoms with Crippen molar-refractivity contribution in [1.29, 1.82) is 0 Å². The van der Waals surface area contributed by atoms with Crippen LogP contribution in [0.5, 0.6) is 0 Å². The molecule has 0 aliphatic carbocycles. The highest BCUT2D eigenvalue weighted by Crippen LogP contribution is 2.29. The maximum absolute atomic E-state index is 12.9. The molecule has 0 saturated carbocycles. The lowest BCUT2D eigenvalue weighted by Gasteiger charge is -2.36. The fourth-order valence-electron chi connectivity index (χ4n) is 4.10. The van der Waals surface area contributed by atoms with Gasteiger partial charge in [-0.1, -0.05) is 24.3 Å². The first-order valence-corrected chi connectivity index (χ1v) is 9.23. The van der Waals surface area contributed by atoms with Gasteiger partial charge in [-0.15, -0.1) is 0 Å². The van der Waals surface area contributed by atoms with E-state index in [1.165, 1.54) is 0 Å². The SMILES string of the molecule is O=C(c1ccccc1)N1C[C@@H]2CC[C@H](C1)N(C(=O)Cc1cccnc1)C2. The minimum absolute atomic E-state index is 0.0732. The molecule has 0 spiro atoms. The molecule has 5 heteroatoms. The molecule has 2 bridgehead atoms. The van der Waals surface area contributed by atoms with Crippen LogP contribution in [-0.2, 0) is 11.2 Å². The van der Waals surface area contributed by atoms with E-state index in [1.807, 2.05) is 52.3 Å². The standard InChI is InChI=1S/C21H23N3O2/c25-20(11-16-5-4-10-22-12-16)24-14-17-8-9-19(24)15-23(13-17)21(26)18-6-2-1-3-7-18/h1-7,10,12,17,19H,8-9,11,13-15H2/t17-,19+/m0/s1. The molecule has 134 valence electrons. The first-order valence-electron chi connectivity index (χ1n) is 9.23. The number of aromatic nitrogens is 1. The van der Waals surface area contributed by atoms with Crippen molar-refractivity contribution in [2.24, 2.45) is 5.92 Å². The number of amides is 2. The number of benzene rings is 1. The van der Waals surface area contributed by atoms with Crippen LogP contribution in [0.3, 0.4) is 0 Å². The van der Waals surface area contributed by atoms with E-state index >= 15 is 0 Å². The Morgan fingerprint density at radius 2 is 1.85 bits per heavy atom. The molecule has 4 heterocycles. The Bertz CT molecular complexity index is 778. The fourth-order valence-corrected chi connectivity index (χ4v) is 4.10. The van der Waals surface area contributed by atoms with Crippen LogP contribution < -0.4 is 0 Å². The van der Waals surface area contributed by atoms with Gasteiger partial charge in [0, 0.05) is 43.6 Å². The lowest BCUT2D eigenvalue weighted by atomic mass is 9.94.